The molecule has 0 aliphatic heterocycles. The Morgan fingerprint density at radius 1 is 1.00 bits per heavy atom. The van der Waals surface area contributed by atoms with Gasteiger partial charge in [-0.25, -0.2) is 4.98 Å². The highest BCUT2D eigenvalue weighted by atomic mass is 16.5. The van der Waals surface area contributed by atoms with Gasteiger partial charge >= 0.3 is 0 Å². The summed E-state index contributed by atoms with van der Waals surface area (Å²) in [5, 5.41) is 0. The lowest BCUT2D eigenvalue weighted by Crippen LogP contribution is -1.88. The van der Waals surface area contributed by atoms with Crippen LogP contribution in [0.2, 0.25) is 0 Å². The Hall–Kier alpha value is -3.01. The van der Waals surface area contributed by atoms with Crippen LogP contribution in [0.15, 0.2) is 72.1 Å². The van der Waals surface area contributed by atoms with Crippen molar-refractivity contribution in [3.63, 3.8) is 0 Å². The second kappa shape index (κ2) is 7.31. The van der Waals surface area contributed by atoms with E-state index in [0.717, 1.165) is 23.4 Å². The third-order valence-corrected chi connectivity index (χ3v) is 3.35. The van der Waals surface area contributed by atoms with Gasteiger partial charge in [0.1, 0.15) is 5.75 Å². The summed E-state index contributed by atoms with van der Waals surface area (Å²) < 4.78 is 5.60. The number of nitrogens with zero attached hydrogens (tertiary/aromatic N) is 3. The second-order valence-corrected chi connectivity index (χ2v) is 4.99. The highest BCUT2D eigenvalue weighted by Gasteiger charge is 1.98. The fourth-order valence-corrected chi connectivity index (χ4v) is 2.05. The molecular formula is C19H17N3O. The highest BCUT2D eigenvalue weighted by molar-refractivity contribution is 5.82. The van der Waals surface area contributed by atoms with Crippen molar-refractivity contribution in [1.82, 2.24) is 9.97 Å². The molecule has 0 unspecified atom stereocenters. The van der Waals surface area contributed by atoms with Crippen molar-refractivity contribution in [1.29, 1.82) is 0 Å². The normalized spacial score (nSPS) is 10.8. The maximum Gasteiger partial charge on any atom is 0.237 e. The fourth-order valence-electron chi connectivity index (χ4n) is 2.05. The predicted molar refractivity (Wildman–Crippen MR) is 91.6 cm³/mol. The number of hydrogen-bond donors (Lipinski definition) is 0. The highest BCUT2D eigenvalue weighted by Crippen LogP contribution is 2.19. The monoisotopic (exact) mass is 303 g/mol. The van der Waals surface area contributed by atoms with E-state index in [9.17, 15) is 0 Å². The van der Waals surface area contributed by atoms with Crippen molar-refractivity contribution in [2.75, 3.05) is 0 Å². The van der Waals surface area contributed by atoms with Crippen LogP contribution >= 0.6 is 0 Å². The number of benzene rings is 2. The summed E-state index contributed by atoms with van der Waals surface area (Å²) in [6.07, 6.45) is 7.67. The largest absolute Gasteiger partial charge is 0.438 e. The molecule has 114 valence electrons. The van der Waals surface area contributed by atoms with Crippen LogP contribution in [-0.2, 0) is 6.42 Å². The molecule has 0 fully saturated rings. The number of hydrogen-bond acceptors (Lipinski definition) is 4. The minimum atomic E-state index is 0.477. The quantitative estimate of drug-likeness (QED) is 0.648. The number of aromatic nitrogens is 2. The first-order valence-electron chi connectivity index (χ1n) is 7.50. The Balaban J connectivity index is 1.65. The molecule has 2 aromatic carbocycles. The Labute approximate surface area is 135 Å². The Morgan fingerprint density at radius 3 is 2.43 bits per heavy atom. The lowest BCUT2D eigenvalue weighted by atomic mass is 10.1. The summed E-state index contributed by atoms with van der Waals surface area (Å²) in [5.41, 5.74) is 3.27. The van der Waals surface area contributed by atoms with Crippen molar-refractivity contribution in [2.24, 2.45) is 4.99 Å². The first-order valence-corrected chi connectivity index (χ1v) is 7.50. The molecule has 3 rings (SSSR count). The molecule has 1 aromatic heterocycles. The van der Waals surface area contributed by atoms with E-state index in [-0.39, 0.29) is 0 Å². The number of aliphatic imine (C=N–C) groups is 1. The van der Waals surface area contributed by atoms with Gasteiger partial charge in [0.05, 0.1) is 11.9 Å². The van der Waals surface area contributed by atoms with Crippen LogP contribution in [0.5, 0.6) is 11.6 Å². The SMILES string of the molecule is CCc1ccc(N=Cc2ccc(Oc3cnccn3)cc2)cc1. The van der Waals surface area contributed by atoms with Crippen LogP contribution in [-0.4, -0.2) is 16.2 Å². The molecule has 4 nitrogen and oxygen atoms in total. The molecule has 0 amide bonds. The van der Waals surface area contributed by atoms with Gasteiger partial charge in [-0.2, -0.15) is 0 Å². The van der Waals surface area contributed by atoms with E-state index < -0.39 is 0 Å². The van der Waals surface area contributed by atoms with Crippen LogP contribution in [0.4, 0.5) is 5.69 Å². The van der Waals surface area contributed by atoms with Gasteiger partial charge in [0, 0.05) is 18.6 Å². The first kappa shape index (κ1) is 14.9. The van der Waals surface area contributed by atoms with Crippen LogP contribution in [0, 0.1) is 0 Å². The molecule has 4 heteroatoms. The molecule has 0 spiro atoms. The van der Waals surface area contributed by atoms with Crippen LogP contribution in [0.3, 0.4) is 0 Å². The third-order valence-electron chi connectivity index (χ3n) is 3.35. The molecule has 0 atom stereocenters. The molecule has 0 aliphatic rings. The molecule has 0 saturated carbocycles. The number of rotatable bonds is 5. The van der Waals surface area contributed by atoms with E-state index in [1.54, 1.807) is 18.6 Å². The molecule has 1 heterocycles. The van der Waals surface area contributed by atoms with Crippen molar-refractivity contribution < 1.29 is 4.74 Å². The van der Waals surface area contributed by atoms with E-state index in [1.807, 2.05) is 42.6 Å². The minimum Gasteiger partial charge on any atom is -0.438 e. The summed E-state index contributed by atoms with van der Waals surface area (Å²) in [5.74, 6) is 1.19. The van der Waals surface area contributed by atoms with Crippen LogP contribution < -0.4 is 4.74 Å². The van der Waals surface area contributed by atoms with Gasteiger partial charge in [0.25, 0.3) is 0 Å². The first-order chi connectivity index (χ1) is 11.3. The van der Waals surface area contributed by atoms with Crippen molar-refractivity contribution in [2.45, 2.75) is 13.3 Å². The molecule has 0 bridgehead atoms. The molecule has 3 aromatic rings. The molecule has 0 saturated heterocycles. The average molecular weight is 303 g/mol. The van der Waals surface area contributed by atoms with Crippen molar-refractivity contribution in [3.05, 3.63) is 78.2 Å². The zero-order valence-electron chi connectivity index (χ0n) is 12.9. The molecule has 0 N–H and O–H groups in total. The summed E-state index contributed by atoms with van der Waals surface area (Å²) >= 11 is 0. The number of ether oxygens (including phenoxy) is 1. The van der Waals surface area contributed by atoms with Gasteiger partial charge in [-0.3, -0.25) is 9.98 Å². The zero-order chi connectivity index (χ0) is 15.9. The lowest BCUT2D eigenvalue weighted by molar-refractivity contribution is 0.460. The second-order valence-electron chi connectivity index (χ2n) is 4.99. The van der Waals surface area contributed by atoms with E-state index in [2.05, 4.69) is 34.0 Å². The standard InChI is InChI=1S/C19H17N3O/c1-2-15-3-7-17(8-4-15)22-13-16-5-9-18(10-6-16)23-19-14-20-11-12-21-19/h3-14H,2H2,1H3. The van der Waals surface area contributed by atoms with E-state index >= 15 is 0 Å². The van der Waals surface area contributed by atoms with Gasteiger partial charge < -0.3 is 4.74 Å². The summed E-state index contributed by atoms with van der Waals surface area (Å²) in [6, 6.07) is 15.9. The van der Waals surface area contributed by atoms with Crippen molar-refractivity contribution >= 4 is 11.9 Å². The van der Waals surface area contributed by atoms with Gasteiger partial charge in [-0.05, 0) is 53.9 Å². The van der Waals surface area contributed by atoms with E-state index in [1.165, 1.54) is 5.56 Å². The predicted octanol–water partition coefficient (Wildman–Crippen LogP) is 4.58. The molecular weight excluding hydrogens is 286 g/mol. The topological polar surface area (TPSA) is 47.4 Å². The average Bonchev–Trinajstić information content (AvgIpc) is 2.62. The van der Waals surface area contributed by atoms with Gasteiger partial charge in [0.15, 0.2) is 0 Å². The number of aryl methyl sites for hydroxylation is 1. The summed E-state index contributed by atoms with van der Waals surface area (Å²) in [6.45, 7) is 2.14. The molecule has 0 radical (unpaired) electrons. The summed E-state index contributed by atoms with van der Waals surface area (Å²) in [4.78, 5) is 12.5. The Kier molecular flexibility index (Phi) is 4.74. The van der Waals surface area contributed by atoms with Crippen molar-refractivity contribution in [3.8, 4) is 11.6 Å². The molecule has 0 aliphatic carbocycles. The summed E-state index contributed by atoms with van der Waals surface area (Å²) in [7, 11) is 0. The third kappa shape index (κ3) is 4.23. The van der Waals surface area contributed by atoms with Crippen LogP contribution in [0.25, 0.3) is 0 Å². The van der Waals surface area contributed by atoms with Gasteiger partial charge in [0.2, 0.25) is 5.88 Å². The lowest BCUT2D eigenvalue weighted by Gasteiger charge is -2.03. The smallest absolute Gasteiger partial charge is 0.237 e. The Bertz CT molecular complexity index is 766. The molecule has 23 heavy (non-hydrogen) atoms. The minimum absolute atomic E-state index is 0.477. The maximum absolute atomic E-state index is 5.60. The van der Waals surface area contributed by atoms with Crippen LogP contribution in [0.1, 0.15) is 18.1 Å². The maximum atomic E-state index is 5.60. The van der Waals surface area contributed by atoms with E-state index in [0.29, 0.717) is 5.88 Å². The van der Waals surface area contributed by atoms with Gasteiger partial charge in [-0.15, -0.1) is 0 Å². The fraction of sp³-hybridized carbons (Fsp3) is 0.105. The zero-order valence-corrected chi connectivity index (χ0v) is 12.9. The Morgan fingerprint density at radius 2 is 1.78 bits per heavy atom. The van der Waals surface area contributed by atoms with E-state index in [4.69, 9.17) is 4.74 Å². The van der Waals surface area contributed by atoms with Gasteiger partial charge in [-0.1, -0.05) is 19.1 Å².